The average molecular weight is 512 g/mol. The predicted octanol–water partition coefficient (Wildman–Crippen LogP) is 3.77. The van der Waals surface area contributed by atoms with Crippen LogP contribution in [0.15, 0.2) is 53.9 Å². The second-order valence-electron chi connectivity index (χ2n) is 7.83. The van der Waals surface area contributed by atoms with Gasteiger partial charge in [-0.15, -0.1) is 23.1 Å². The summed E-state index contributed by atoms with van der Waals surface area (Å²) in [5.41, 5.74) is 5.00. The highest BCUT2D eigenvalue weighted by Gasteiger charge is 2.28. The molecule has 0 atom stereocenters. The van der Waals surface area contributed by atoms with Crippen molar-refractivity contribution in [3.63, 3.8) is 0 Å². The Kier molecular flexibility index (Phi) is 8.38. The van der Waals surface area contributed by atoms with Crippen LogP contribution in [-0.4, -0.2) is 59.3 Å². The molecule has 3 N–H and O–H groups in total. The molecule has 10 heteroatoms. The predicted molar refractivity (Wildman–Crippen MR) is 136 cm³/mol. The molecular weight excluding hydrogens is 486 g/mol. The van der Waals surface area contributed by atoms with Crippen LogP contribution in [0.1, 0.15) is 32.5 Å². The molecule has 8 nitrogen and oxygen atoms in total. The zero-order chi connectivity index (χ0) is 24.6. The Morgan fingerprint density at radius 2 is 1.69 bits per heavy atom. The summed E-state index contributed by atoms with van der Waals surface area (Å²) in [6, 6.07) is 16.4. The first-order chi connectivity index (χ1) is 17.0. The molecule has 1 heterocycles. The van der Waals surface area contributed by atoms with Crippen LogP contribution in [0.25, 0.3) is 11.1 Å². The lowest BCUT2D eigenvalue weighted by Gasteiger charge is -2.14. The van der Waals surface area contributed by atoms with Crippen molar-refractivity contribution in [1.29, 1.82) is 0 Å². The minimum atomic E-state index is -0.878. The molecule has 1 aromatic heterocycles. The Bertz CT molecular complexity index is 1170. The van der Waals surface area contributed by atoms with Crippen molar-refractivity contribution >= 4 is 41.1 Å². The highest BCUT2D eigenvalue weighted by Crippen LogP contribution is 2.44. The summed E-state index contributed by atoms with van der Waals surface area (Å²) in [4.78, 5) is 39.2. The van der Waals surface area contributed by atoms with E-state index in [-0.39, 0.29) is 24.2 Å². The number of fused-ring (bicyclic) bond motifs is 3. The fourth-order valence-electron chi connectivity index (χ4n) is 3.94. The lowest BCUT2D eigenvalue weighted by Crippen LogP contribution is -2.28. The van der Waals surface area contributed by atoms with Gasteiger partial charge >= 0.3 is 12.1 Å². The maximum atomic E-state index is 12.3. The van der Waals surface area contributed by atoms with Gasteiger partial charge in [0.15, 0.2) is 0 Å². The van der Waals surface area contributed by atoms with Crippen molar-refractivity contribution in [3.05, 3.63) is 75.7 Å². The number of thiazole rings is 1. The molecule has 0 saturated carbocycles. The Morgan fingerprint density at radius 1 is 1.00 bits per heavy atom. The maximum absolute atomic E-state index is 12.3. The van der Waals surface area contributed by atoms with Crippen LogP contribution >= 0.6 is 23.1 Å². The van der Waals surface area contributed by atoms with E-state index in [1.165, 1.54) is 34.2 Å². The summed E-state index contributed by atoms with van der Waals surface area (Å²) in [7, 11) is 0. The van der Waals surface area contributed by atoms with E-state index in [0.717, 1.165) is 16.1 Å². The van der Waals surface area contributed by atoms with Crippen LogP contribution in [0.3, 0.4) is 0 Å². The molecule has 0 saturated heterocycles. The number of hydrogen-bond acceptors (Lipinski definition) is 7. The summed E-state index contributed by atoms with van der Waals surface area (Å²) in [6.45, 7) is 0.968. The van der Waals surface area contributed by atoms with Crippen LogP contribution in [0.4, 0.5) is 4.79 Å². The molecule has 0 bridgehead atoms. The largest absolute Gasteiger partial charge is 0.481 e. The Morgan fingerprint density at radius 3 is 2.37 bits per heavy atom. The fourth-order valence-corrected chi connectivity index (χ4v) is 5.28. The molecular formula is C25H25N3O5S2. The molecule has 0 spiro atoms. The van der Waals surface area contributed by atoms with E-state index in [2.05, 4.69) is 39.9 Å². The van der Waals surface area contributed by atoms with Crippen molar-refractivity contribution in [3.8, 4) is 11.1 Å². The van der Waals surface area contributed by atoms with Crippen molar-refractivity contribution in [2.24, 2.45) is 0 Å². The average Bonchev–Trinajstić information content (AvgIpc) is 3.45. The van der Waals surface area contributed by atoms with E-state index in [4.69, 9.17) is 9.84 Å². The first kappa shape index (κ1) is 24.7. The number of thioether (sulfide) groups is 1. The topological polar surface area (TPSA) is 118 Å². The normalized spacial score (nSPS) is 12.0. The first-order valence-electron chi connectivity index (χ1n) is 11.1. The number of carbonyl (C=O) groups excluding carboxylic acids is 2. The Balaban J connectivity index is 1.19. The van der Waals surface area contributed by atoms with Crippen LogP contribution in [0.2, 0.25) is 0 Å². The van der Waals surface area contributed by atoms with E-state index < -0.39 is 12.1 Å². The molecule has 35 heavy (non-hydrogen) atoms. The molecule has 1 aliphatic rings. The lowest BCUT2D eigenvalue weighted by molar-refractivity contribution is -0.133. The van der Waals surface area contributed by atoms with Gasteiger partial charge in [0, 0.05) is 36.6 Å². The number of carboxylic acids is 1. The van der Waals surface area contributed by atoms with Crippen molar-refractivity contribution in [2.75, 3.05) is 31.2 Å². The number of nitrogens with zero attached hydrogens (tertiary/aromatic N) is 1. The van der Waals surface area contributed by atoms with Gasteiger partial charge in [-0.05, 0) is 22.3 Å². The zero-order valence-corrected chi connectivity index (χ0v) is 20.5. The molecule has 0 unspecified atom stereocenters. The minimum Gasteiger partial charge on any atom is -0.481 e. The van der Waals surface area contributed by atoms with Gasteiger partial charge in [-0.1, -0.05) is 48.5 Å². The summed E-state index contributed by atoms with van der Waals surface area (Å²) in [5.74, 6) is -0.646. The number of ether oxygens (including phenoxy) is 1. The summed E-state index contributed by atoms with van der Waals surface area (Å²) >= 11 is 2.59. The third kappa shape index (κ3) is 6.40. The van der Waals surface area contributed by atoms with Gasteiger partial charge in [0.1, 0.15) is 12.3 Å². The maximum Gasteiger partial charge on any atom is 0.407 e. The third-order valence-corrected chi connectivity index (χ3v) is 7.35. The second-order valence-corrected chi connectivity index (χ2v) is 9.88. The number of hydrogen-bond donors (Lipinski definition) is 3. The quantitative estimate of drug-likeness (QED) is 0.336. The van der Waals surface area contributed by atoms with Gasteiger partial charge in [0.05, 0.1) is 10.8 Å². The van der Waals surface area contributed by atoms with Gasteiger partial charge < -0.3 is 20.5 Å². The Labute approximate surface area is 211 Å². The van der Waals surface area contributed by atoms with Crippen LogP contribution < -0.4 is 10.6 Å². The monoisotopic (exact) mass is 511 g/mol. The number of carbonyl (C=O) groups is 3. The molecule has 4 rings (SSSR count). The van der Waals surface area contributed by atoms with E-state index in [0.29, 0.717) is 31.0 Å². The molecule has 0 aliphatic heterocycles. The Hall–Kier alpha value is -3.37. The van der Waals surface area contributed by atoms with Crippen LogP contribution in [0.5, 0.6) is 0 Å². The minimum absolute atomic E-state index is 0.00734. The van der Waals surface area contributed by atoms with Gasteiger partial charge in [-0.2, -0.15) is 0 Å². The van der Waals surface area contributed by atoms with Crippen molar-refractivity contribution in [2.45, 2.75) is 12.3 Å². The fraction of sp³-hybridized carbons (Fsp3) is 0.280. The molecule has 2 amide bonds. The van der Waals surface area contributed by atoms with Gasteiger partial charge in [0.2, 0.25) is 0 Å². The first-order valence-corrected chi connectivity index (χ1v) is 13.2. The molecule has 3 aromatic rings. The van der Waals surface area contributed by atoms with Crippen molar-refractivity contribution in [1.82, 2.24) is 15.6 Å². The summed E-state index contributed by atoms with van der Waals surface area (Å²) in [5, 5.41) is 16.5. The third-order valence-electron chi connectivity index (χ3n) is 5.49. The van der Waals surface area contributed by atoms with Crippen LogP contribution in [0, 0.1) is 0 Å². The number of carboxylic acid groups (broad SMARTS) is 1. The number of nitrogens with one attached hydrogen (secondary N) is 2. The van der Waals surface area contributed by atoms with E-state index in [1.807, 2.05) is 24.3 Å². The SMILES string of the molecule is O=C(O)CSCCNC(=O)c1csc(CCNC(=O)OCC2c3ccccc3-c3ccccc32)n1. The molecule has 1 aliphatic carbocycles. The molecule has 0 radical (unpaired) electrons. The highest BCUT2D eigenvalue weighted by atomic mass is 32.2. The summed E-state index contributed by atoms with van der Waals surface area (Å²) in [6.07, 6.45) is -0.00314. The lowest BCUT2D eigenvalue weighted by atomic mass is 9.98. The smallest absolute Gasteiger partial charge is 0.407 e. The molecule has 2 aromatic carbocycles. The number of aliphatic carboxylic acids is 1. The van der Waals surface area contributed by atoms with Crippen molar-refractivity contribution < 1.29 is 24.2 Å². The summed E-state index contributed by atoms with van der Waals surface area (Å²) < 4.78 is 5.53. The van der Waals surface area contributed by atoms with Gasteiger partial charge in [-0.3, -0.25) is 9.59 Å². The van der Waals surface area contributed by atoms with E-state index in [1.54, 1.807) is 5.38 Å². The standard InChI is InChI=1S/C25H25N3O5S2/c29-23(30)15-34-12-11-26-24(31)21-14-35-22(28-21)9-10-27-25(32)33-13-20-18-7-3-1-5-16(18)17-6-2-4-8-19(17)20/h1-8,14,20H,9-13,15H2,(H,26,31)(H,27,32)(H,29,30). The van der Waals surface area contributed by atoms with Gasteiger partial charge in [-0.25, -0.2) is 9.78 Å². The number of rotatable bonds is 11. The number of alkyl carbamates (subject to hydrolysis) is 1. The zero-order valence-electron chi connectivity index (χ0n) is 18.9. The van der Waals surface area contributed by atoms with Crippen LogP contribution in [-0.2, 0) is 16.0 Å². The molecule has 0 fully saturated rings. The van der Waals surface area contributed by atoms with E-state index >= 15 is 0 Å². The highest BCUT2D eigenvalue weighted by molar-refractivity contribution is 7.99. The molecule has 182 valence electrons. The van der Waals surface area contributed by atoms with E-state index in [9.17, 15) is 14.4 Å². The second kappa shape index (κ2) is 11.9. The number of aromatic nitrogens is 1. The van der Waals surface area contributed by atoms with Gasteiger partial charge in [0.25, 0.3) is 5.91 Å². The number of benzene rings is 2. The number of amides is 2.